The minimum absolute atomic E-state index is 0.0768. The zero-order valence-electron chi connectivity index (χ0n) is 18.7. The minimum atomic E-state index is -0.558. The van der Waals surface area contributed by atoms with E-state index < -0.39 is 6.04 Å². The summed E-state index contributed by atoms with van der Waals surface area (Å²) in [6.07, 6.45) is 5.54. The number of thioether (sulfide) groups is 1. The van der Waals surface area contributed by atoms with Crippen LogP contribution < -0.4 is 10.1 Å². The number of nitrogens with zero attached hydrogens (tertiary/aromatic N) is 1. The molecule has 1 fully saturated rings. The largest absolute Gasteiger partial charge is 0.497 e. The summed E-state index contributed by atoms with van der Waals surface area (Å²) in [5, 5.41) is 3.83. The summed E-state index contributed by atoms with van der Waals surface area (Å²) in [5.74, 6) is 0.842. The van der Waals surface area contributed by atoms with Crippen LogP contribution in [-0.4, -0.2) is 41.7 Å². The molecule has 1 N–H and O–H groups in total. The van der Waals surface area contributed by atoms with Gasteiger partial charge in [0.25, 0.3) is 0 Å². The van der Waals surface area contributed by atoms with Crippen molar-refractivity contribution in [3.05, 3.63) is 59.1 Å². The molecule has 2 aromatic rings. The first-order chi connectivity index (χ1) is 15.5. The summed E-state index contributed by atoms with van der Waals surface area (Å²) in [6.45, 7) is 2.18. The van der Waals surface area contributed by atoms with Crippen LogP contribution >= 0.6 is 23.4 Å². The molecule has 3 rings (SSSR count). The molecule has 1 aliphatic rings. The summed E-state index contributed by atoms with van der Waals surface area (Å²) in [6, 6.07) is 14.7. The summed E-state index contributed by atoms with van der Waals surface area (Å²) in [7, 11) is 1.62. The average Bonchev–Trinajstić information content (AvgIpc) is 2.82. The first-order valence-corrected chi connectivity index (χ1v) is 12.4. The highest BCUT2D eigenvalue weighted by Crippen LogP contribution is 2.23. The van der Waals surface area contributed by atoms with Gasteiger partial charge in [0.05, 0.1) is 12.9 Å². The van der Waals surface area contributed by atoms with Crippen LogP contribution in [0, 0.1) is 0 Å². The van der Waals surface area contributed by atoms with E-state index in [9.17, 15) is 9.59 Å². The van der Waals surface area contributed by atoms with Crippen molar-refractivity contribution >= 4 is 35.2 Å². The Balaban J connectivity index is 1.69. The third-order valence-electron chi connectivity index (χ3n) is 5.81. The molecule has 5 nitrogen and oxygen atoms in total. The van der Waals surface area contributed by atoms with E-state index in [1.165, 1.54) is 18.2 Å². The molecule has 1 aliphatic carbocycles. The number of hydrogen-bond donors (Lipinski definition) is 1. The topological polar surface area (TPSA) is 58.6 Å². The molecule has 0 aliphatic heterocycles. The van der Waals surface area contributed by atoms with Gasteiger partial charge in [0.1, 0.15) is 11.8 Å². The normalized spacial score (nSPS) is 15.1. The van der Waals surface area contributed by atoms with Crippen LogP contribution in [-0.2, 0) is 16.1 Å². The Morgan fingerprint density at radius 2 is 1.75 bits per heavy atom. The fourth-order valence-corrected chi connectivity index (χ4v) is 4.75. The molecule has 0 bridgehead atoms. The highest BCUT2D eigenvalue weighted by molar-refractivity contribution is 8.00. The molecule has 2 aromatic carbocycles. The highest BCUT2D eigenvalue weighted by Gasteiger charge is 2.28. The lowest BCUT2D eigenvalue weighted by Gasteiger charge is -2.31. The van der Waals surface area contributed by atoms with E-state index in [1.807, 2.05) is 55.5 Å². The van der Waals surface area contributed by atoms with E-state index in [0.717, 1.165) is 41.9 Å². The van der Waals surface area contributed by atoms with Crippen molar-refractivity contribution in [3.8, 4) is 5.75 Å². The average molecular weight is 475 g/mol. The number of benzene rings is 2. The molecule has 1 saturated carbocycles. The van der Waals surface area contributed by atoms with Crippen molar-refractivity contribution in [3.63, 3.8) is 0 Å². The van der Waals surface area contributed by atoms with Gasteiger partial charge in [-0.05, 0) is 61.7 Å². The molecule has 0 radical (unpaired) electrons. The SMILES string of the molecule is COc1ccc(CN(C(=O)CSc2ccc(Cl)cc2)C(C)C(=O)NC2CCCCC2)cc1. The standard InChI is InChI=1S/C25H31ClN2O3S/c1-18(25(30)27-21-6-4-3-5-7-21)28(16-19-8-12-22(31-2)13-9-19)24(29)17-32-23-14-10-20(26)11-15-23/h8-15,18,21H,3-7,16-17H2,1-2H3,(H,27,30). The van der Waals surface area contributed by atoms with Crippen LogP contribution in [0.3, 0.4) is 0 Å². The number of hydrogen-bond acceptors (Lipinski definition) is 4. The molecule has 32 heavy (non-hydrogen) atoms. The maximum absolute atomic E-state index is 13.2. The minimum Gasteiger partial charge on any atom is -0.497 e. The van der Waals surface area contributed by atoms with Gasteiger partial charge in [0, 0.05) is 22.5 Å². The maximum Gasteiger partial charge on any atom is 0.242 e. The second-order valence-electron chi connectivity index (χ2n) is 8.13. The lowest BCUT2D eigenvalue weighted by molar-refractivity contribution is -0.139. The van der Waals surface area contributed by atoms with Crippen molar-refractivity contribution in [2.75, 3.05) is 12.9 Å². The smallest absolute Gasteiger partial charge is 0.242 e. The van der Waals surface area contributed by atoms with E-state index >= 15 is 0 Å². The van der Waals surface area contributed by atoms with Crippen molar-refractivity contribution in [1.82, 2.24) is 10.2 Å². The van der Waals surface area contributed by atoms with Crippen LogP contribution in [0.1, 0.15) is 44.6 Å². The number of rotatable bonds is 9. The lowest BCUT2D eigenvalue weighted by atomic mass is 9.95. The van der Waals surface area contributed by atoms with E-state index in [-0.39, 0.29) is 23.6 Å². The number of ether oxygens (including phenoxy) is 1. The number of nitrogens with one attached hydrogen (secondary N) is 1. The molecule has 7 heteroatoms. The Morgan fingerprint density at radius 1 is 1.09 bits per heavy atom. The maximum atomic E-state index is 13.2. The predicted molar refractivity (Wildman–Crippen MR) is 130 cm³/mol. The van der Waals surface area contributed by atoms with Gasteiger partial charge in [-0.2, -0.15) is 0 Å². The Labute approximate surface area is 199 Å². The Bertz CT molecular complexity index is 883. The summed E-state index contributed by atoms with van der Waals surface area (Å²) in [5.41, 5.74) is 0.952. The van der Waals surface area contributed by atoms with Crippen molar-refractivity contribution in [2.24, 2.45) is 0 Å². The van der Waals surface area contributed by atoms with E-state index in [2.05, 4.69) is 5.32 Å². The molecule has 1 unspecified atom stereocenters. The summed E-state index contributed by atoms with van der Waals surface area (Å²) >= 11 is 7.40. The highest BCUT2D eigenvalue weighted by atomic mass is 35.5. The second kappa shape index (κ2) is 12.2. The van der Waals surface area contributed by atoms with Gasteiger partial charge >= 0.3 is 0 Å². The number of amides is 2. The monoisotopic (exact) mass is 474 g/mol. The van der Waals surface area contributed by atoms with Crippen LogP contribution in [0.25, 0.3) is 0 Å². The second-order valence-corrected chi connectivity index (χ2v) is 9.62. The van der Waals surface area contributed by atoms with Crippen LogP contribution in [0.5, 0.6) is 5.75 Å². The van der Waals surface area contributed by atoms with Gasteiger partial charge in [0.15, 0.2) is 0 Å². The van der Waals surface area contributed by atoms with E-state index in [1.54, 1.807) is 12.0 Å². The zero-order valence-corrected chi connectivity index (χ0v) is 20.3. The molecule has 1 atom stereocenters. The molecular formula is C25H31ClN2O3S. The van der Waals surface area contributed by atoms with E-state index in [4.69, 9.17) is 16.3 Å². The first-order valence-electron chi connectivity index (χ1n) is 11.1. The van der Waals surface area contributed by atoms with E-state index in [0.29, 0.717) is 11.6 Å². The number of methoxy groups -OCH3 is 1. The van der Waals surface area contributed by atoms with Gasteiger partial charge in [0.2, 0.25) is 11.8 Å². The Hall–Kier alpha value is -2.18. The molecular weight excluding hydrogens is 444 g/mol. The molecule has 0 saturated heterocycles. The fourth-order valence-electron chi connectivity index (χ4n) is 3.84. The van der Waals surface area contributed by atoms with Gasteiger partial charge in [-0.1, -0.05) is 43.0 Å². The van der Waals surface area contributed by atoms with Crippen molar-refractivity contribution in [1.29, 1.82) is 0 Å². The molecule has 2 amide bonds. The number of carbonyl (C=O) groups is 2. The van der Waals surface area contributed by atoms with Crippen LogP contribution in [0.15, 0.2) is 53.4 Å². The van der Waals surface area contributed by atoms with Crippen molar-refractivity contribution in [2.45, 2.75) is 62.6 Å². The Morgan fingerprint density at radius 3 is 2.38 bits per heavy atom. The third kappa shape index (κ3) is 7.17. The lowest BCUT2D eigenvalue weighted by Crippen LogP contribution is -2.50. The Kier molecular flexibility index (Phi) is 9.30. The van der Waals surface area contributed by atoms with Gasteiger partial charge in [-0.15, -0.1) is 11.8 Å². The molecule has 0 spiro atoms. The van der Waals surface area contributed by atoms with Gasteiger partial charge in [-0.25, -0.2) is 0 Å². The fraction of sp³-hybridized carbons (Fsp3) is 0.440. The zero-order chi connectivity index (χ0) is 22.9. The quantitative estimate of drug-likeness (QED) is 0.500. The summed E-state index contributed by atoms with van der Waals surface area (Å²) in [4.78, 5) is 28.9. The number of carbonyl (C=O) groups excluding carboxylic acids is 2. The predicted octanol–water partition coefficient (Wildman–Crippen LogP) is 5.31. The van der Waals surface area contributed by atoms with Gasteiger partial charge in [-0.3, -0.25) is 9.59 Å². The van der Waals surface area contributed by atoms with Crippen LogP contribution in [0.4, 0.5) is 0 Å². The summed E-state index contributed by atoms with van der Waals surface area (Å²) < 4.78 is 5.23. The molecule has 0 heterocycles. The molecule has 0 aromatic heterocycles. The number of halogens is 1. The third-order valence-corrected chi connectivity index (χ3v) is 7.06. The first kappa shape index (κ1) is 24.5. The van der Waals surface area contributed by atoms with Crippen molar-refractivity contribution < 1.29 is 14.3 Å². The van der Waals surface area contributed by atoms with Gasteiger partial charge < -0.3 is 15.0 Å². The van der Waals surface area contributed by atoms with Crippen LogP contribution in [0.2, 0.25) is 5.02 Å². The molecule has 172 valence electrons.